The van der Waals surface area contributed by atoms with Crippen LogP contribution in [0.3, 0.4) is 0 Å². The van der Waals surface area contributed by atoms with Crippen LogP contribution in [0.2, 0.25) is 0 Å². The van der Waals surface area contributed by atoms with Crippen molar-refractivity contribution in [3.8, 4) is 0 Å². The Morgan fingerprint density at radius 1 is 1.43 bits per heavy atom. The molecule has 2 atom stereocenters. The summed E-state index contributed by atoms with van der Waals surface area (Å²) >= 11 is 3.54. The smallest absolute Gasteiger partial charge is 0.139 e. The Bertz CT molecular complexity index is 564. The van der Waals surface area contributed by atoms with Crippen molar-refractivity contribution in [3.63, 3.8) is 0 Å². The lowest BCUT2D eigenvalue weighted by molar-refractivity contribution is -0.127. The van der Waals surface area contributed by atoms with E-state index in [1.807, 2.05) is 20.8 Å². The summed E-state index contributed by atoms with van der Waals surface area (Å²) in [5.74, 6) is 0.316. The zero-order valence-electron chi connectivity index (χ0n) is 12.9. The summed E-state index contributed by atoms with van der Waals surface area (Å²) in [4.78, 5) is 14.7. The molecule has 1 fully saturated rings. The van der Waals surface area contributed by atoms with Crippen LogP contribution >= 0.6 is 15.9 Å². The third kappa shape index (κ3) is 2.94. The monoisotopic (exact) mass is 351 g/mol. The Balaban J connectivity index is 1.79. The summed E-state index contributed by atoms with van der Waals surface area (Å²) in [5.41, 5.74) is 2.35. The summed E-state index contributed by atoms with van der Waals surface area (Å²) in [6.07, 6.45) is 1.63. The third-order valence-corrected chi connectivity index (χ3v) is 4.98. The van der Waals surface area contributed by atoms with Gasteiger partial charge >= 0.3 is 0 Å². The Hall–Kier alpha value is -0.710. The average molecular weight is 352 g/mol. The van der Waals surface area contributed by atoms with E-state index in [0.717, 1.165) is 17.4 Å². The molecule has 0 N–H and O–H groups in total. The fourth-order valence-electron chi connectivity index (χ4n) is 3.12. The molecule has 0 aromatic heterocycles. The van der Waals surface area contributed by atoms with E-state index in [-0.39, 0.29) is 17.7 Å². The van der Waals surface area contributed by atoms with Crippen LogP contribution in [0.15, 0.2) is 22.7 Å². The van der Waals surface area contributed by atoms with Crippen LogP contribution in [0, 0.1) is 5.41 Å². The van der Waals surface area contributed by atoms with E-state index in [1.165, 1.54) is 11.1 Å². The summed E-state index contributed by atoms with van der Waals surface area (Å²) in [7, 11) is 0. The number of carbonyl (C=O) groups is 1. The Morgan fingerprint density at radius 2 is 2.19 bits per heavy atom. The first-order valence-corrected chi connectivity index (χ1v) is 8.34. The highest BCUT2D eigenvalue weighted by Crippen LogP contribution is 2.39. The molecule has 0 saturated carbocycles. The number of halogens is 1. The number of nitrogens with zero attached hydrogens (tertiary/aromatic N) is 1. The van der Waals surface area contributed by atoms with Crippen molar-refractivity contribution < 1.29 is 9.53 Å². The van der Waals surface area contributed by atoms with Crippen LogP contribution in [0.25, 0.3) is 0 Å². The minimum Gasteiger partial charge on any atom is -0.357 e. The minimum absolute atomic E-state index is 0.0176. The number of ether oxygens (including phenoxy) is 1. The van der Waals surface area contributed by atoms with Crippen LogP contribution in [0.4, 0.5) is 0 Å². The number of Topliss-reactive ketones (excluding diaryl/α,β-unsaturated/α-hetero) is 1. The van der Waals surface area contributed by atoms with E-state index in [2.05, 4.69) is 39.0 Å². The van der Waals surface area contributed by atoms with Gasteiger partial charge in [-0.3, -0.25) is 9.69 Å². The van der Waals surface area contributed by atoms with Gasteiger partial charge in [0.2, 0.25) is 0 Å². The predicted octanol–water partition coefficient (Wildman–Crippen LogP) is 3.71. The van der Waals surface area contributed by atoms with Crippen LogP contribution in [-0.2, 0) is 16.0 Å². The molecule has 21 heavy (non-hydrogen) atoms. The van der Waals surface area contributed by atoms with E-state index in [4.69, 9.17) is 4.74 Å². The second-order valence-electron chi connectivity index (χ2n) is 7.05. The van der Waals surface area contributed by atoms with Gasteiger partial charge in [-0.25, -0.2) is 0 Å². The molecule has 3 nitrogen and oxygen atoms in total. The van der Waals surface area contributed by atoms with Crippen molar-refractivity contribution >= 4 is 21.7 Å². The molecule has 0 bridgehead atoms. The molecule has 2 aliphatic heterocycles. The molecule has 2 heterocycles. The number of hydrogen-bond acceptors (Lipinski definition) is 3. The maximum atomic E-state index is 12.3. The van der Waals surface area contributed by atoms with Crippen molar-refractivity contribution in [3.05, 3.63) is 33.8 Å². The summed E-state index contributed by atoms with van der Waals surface area (Å²) < 4.78 is 7.10. The molecule has 1 saturated heterocycles. The molecule has 2 aliphatic rings. The van der Waals surface area contributed by atoms with Crippen molar-refractivity contribution in [2.75, 3.05) is 13.2 Å². The number of rotatable bonds is 2. The van der Waals surface area contributed by atoms with Crippen LogP contribution in [-0.4, -0.2) is 29.9 Å². The molecule has 0 aliphatic carbocycles. The lowest BCUT2D eigenvalue weighted by Crippen LogP contribution is -2.40. The van der Waals surface area contributed by atoms with Gasteiger partial charge in [0, 0.05) is 28.9 Å². The first-order chi connectivity index (χ1) is 9.86. The summed E-state index contributed by atoms with van der Waals surface area (Å²) in [6, 6.07) is 6.63. The normalized spacial score (nSPS) is 25.5. The number of carbonyl (C=O) groups excluding carboxylic acids is 1. The zero-order chi connectivity index (χ0) is 15.2. The highest BCUT2D eigenvalue weighted by atomic mass is 79.9. The third-order valence-electron chi connectivity index (χ3n) is 4.49. The SMILES string of the molecule is CC(C)(C)C(=O)C[C@@H]1CO[C@H]2c3cc(Br)ccc3CCN12. The van der Waals surface area contributed by atoms with E-state index in [0.29, 0.717) is 18.8 Å². The highest BCUT2D eigenvalue weighted by molar-refractivity contribution is 9.10. The average Bonchev–Trinajstić information content (AvgIpc) is 2.81. The highest BCUT2D eigenvalue weighted by Gasteiger charge is 2.40. The van der Waals surface area contributed by atoms with Crippen LogP contribution in [0.1, 0.15) is 44.5 Å². The second kappa shape index (κ2) is 5.49. The molecule has 0 spiro atoms. The molecular weight excluding hydrogens is 330 g/mol. The number of benzene rings is 1. The van der Waals surface area contributed by atoms with Crippen LogP contribution < -0.4 is 0 Å². The fourth-order valence-corrected chi connectivity index (χ4v) is 3.50. The van der Waals surface area contributed by atoms with Gasteiger partial charge < -0.3 is 4.74 Å². The number of fused-ring (bicyclic) bond motifs is 3. The van der Waals surface area contributed by atoms with Crippen LogP contribution in [0.5, 0.6) is 0 Å². The van der Waals surface area contributed by atoms with Gasteiger partial charge in [-0.15, -0.1) is 0 Å². The maximum absolute atomic E-state index is 12.3. The summed E-state index contributed by atoms with van der Waals surface area (Å²) in [6.45, 7) is 7.60. The first-order valence-electron chi connectivity index (χ1n) is 7.55. The molecular formula is C17H22BrNO2. The van der Waals surface area contributed by atoms with Gasteiger partial charge in [0.1, 0.15) is 12.0 Å². The van der Waals surface area contributed by atoms with Gasteiger partial charge in [0.25, 0.3) is 0 Å². The van der Waals surface area contributed by atoms with Gasteiger partial charge in [0.05, 0.1) is 6.61 Å². The Morgan fingerprint density at radius 3 is 2.90 bits per heavy atom. The molecule has 3 rings (SSSR count). The predicted molar refractivity (Wildman–Crippen MR) is 86.1 cm³/mol. The molecule has 1 aromatic rings. The minimum atomic E-state index is -0.269. The molecule has 4 heteroatoms. The topological polar surface area (TPSA) is 29.5 Å². The van der Waals surface area contributed by atoms with E-state index in [9.17, 15) is 4.79 Å². The van der Waals surface area contributed by atoms with Gasteiger partial charge in [0.15, 0.2) is 0 Å². The van der Waals surface area contributed by atoms with E-state index < -0.39 is 0 Å². The summed E-state index contributed by atoms with van der Waals surface area (Å²) in [5, 5.41) is 0. The number of hydrogen-bond donors (Lipinski definition) is 0. The van der Waals surface area contributed by atoms with E-state index >= 15 is 0 Å². The van der Waals surface area contributed by atoms with Crippen molar-refractivity contribution in [1.29, 1.82) is 0 Å². The second-order valence-corrected chi connectivity index (χ2v) is 7.96. The standard InChI is InChI=1S/C17H22BrNO2/c1-17(2,3)15(20)9-13-10-21-16-14-8-12(18)5-4-11(14)6-7-19(13)16/h4-5,8,13,16H,6-7,9-10H2,1-3H3/t13-,16+/m1/s1. The lowest BCUT2D eigenvalue weighted by Gasteiger charge is -2.34. The quantitative estimate of drug-likeness (QED) is 0.813. The zero-order valence-corrected chi connectivity index (χ0v) is 14.4. The van der Waals surface area contributed by atoms with E-state index in [1.54, 1.807) is 0 Å². The number of ketones is 1. The lowest BCUT2D eigenvalue weighted by atomic mass is 9.86. The Kier molecular flexibility index (Phi) is 3.97. The van der Waals surface area contributed by atoms with Gasteiger partial charge in [-0.05, 0) is 29.7 Å². The van der Waals surface area contributed by atoms with Crippen molar-refractivity contribution in [1.82, 2.24) is 4.90 Å². The Labute approximate surface area is 134 Å². The van der Waals surface area contributed by atoms with Crippen molar-refractivity contribution in [2.45, 2.75) is 45.9 Å². The molecule has 0 radical (unpaired) electrons. The first kappa shape index (κ1) is 15.2. The van der Waals surface area contributed by atoms with Gasteiger partial charge in [-0.1, -0.05) is 42.8 Å². The van der Waals surface area contributed by atoms with Crippen molar-refractivity contribution in [2.24, 2.45) is 5.41 Å². The van der Waals surface area contributed by atoms with Gasteiger partial charge in [-0.2, -0.15) is 0 Å². The molecule has 0 amide bonds. The fraction of sp³-hybridized carbons (Fsp3) is 0.588. The molecule has 1 aromatic carbocycles. The largest absolute Gasteiger partial charge is 0.357 e. The molecule has 114 valence electrons. The molecule has 0 unspecified atom stereocenters. The maximum Gasteiger partial charge on any atom is 0.139 e.